The summed E-state index contributed by atoms with van der Waals surface area (Å²) in [6.07, 6.45) is 23.8. The molecule has 0 aromatic rings. The van der Waals surface area contributed by atoms with Gasteiger partial charge in [0.2, 0.25) is 0 Å². The van der Waals surface area contributed by atoms with Crippen molar-refractivity contribution in [3.63, 3.8) is 0 Å². The summed E-state index contributed by atoms with van der Waals surface area (Å²) in [6, 6.07) is 0. The van der Waals surface area contributed by atoms with Gasteiger partial charge in [-0.15, -0.1) is 0 Å². The van der Waals surface area contributed by atoms with Gasteiger partial charge in [0.25, 0.3) is 0 Å². The molecule has 0 saturated heterocycles. The lowest BCUT2D eigenvalue weighted by atomic mass is 9.99. The molecule has 0 unspecified atom stereocenters. The van der Waals surface area contributed by atoms with Gasteiger partial charge in [0.05, 0.1) is 0 Å². The first kappa shape index (κ1) is 20.1. The molecule has 0 radical (unpaired) electrons. The predicted octanol–water partition coefficient (Wildman–Crippen LogP) is 6.78. The molecular weight excluding hydrogens is 256 g/mol. The maximum atomic E-state index is 10.4. The zero-order valence-corrected chi connectivity index (χ0v) is 14.4. The van der Waals surface area contributed by atoms with Crippen LogP contribution in [0.15, 0.2) is 23.8 Å². The Hall–Kier alpha value is -0.850. The van der Waals surface area contributed by atoms with Crippen molar-refractivity contribution in [2.45, 2.75) is 97.3 Å². The fraction of sp³-hybridized carbons (Fsp3) is 0.750. The van der Waals surface area contributed by atoms with E-state index in [9.17, 15) is 4.79 Å². The van der Waals surface area contributed by atoms with E-state index in [4.69, 9.17) is 0 Å². The second-order valence-corrected chi connectivity index (χ2v) is 6.03. The molecule has 1 nitrogen and oxygen atoms in total. The molecule has 0 fully saturated rings. The summed E-state index contributed by atoms with van der Waals surface area (Å²) in [5, 5.41) is 0. The molecule has 0 atom stereocenters. The SMILES string of the molecule is CCCCCCCC/C(=C/C=C/C=O)CCCCCCC. The fourth-order valence-corrected chi connectivity index (χ4v) is 2.62. The lowest BCUT2D eigenvalue weighted by Gasteiger charge is -2.07. The third-order valence-corrected chi connectivity index (χ3v) is 3.97. The number of rotatable bonds is 15. The van der Waals surface area contributed by atoms with E-state index in [1.54, 1.807) is 6.08 Å². The highest BCUT2D eigenvalue weighted by Gasteiger charge is 1.98. The highest BCUT2D eigenvalue weighted by Crippen LogP contribution is 2.18. The topological polar surface area (TPSA) is 17.1 Å². The average Bonchev–Trinajstić information content (AvgIpc) is 2.50. The van der Waals surface area contributed by atoms with Crippen LogP contribution in [0.3, 0.4) is 0 Å². The van der Waals surface area contributed by atoms with Crippen molar-refractivity contribution in [2.75, 3.05) is 0 Å². The van der Waals surface area contributed by atoms with Crippen LogP contribution in [0.4, 0.5) is 0 Å². The van der Waals surface area contributed by atoms with Gasteiger partial charge in [0.1, 0.15) is 6.29 Å². The van der Waals surface area contributed by atoms with Crippen molar-refractivity contribution in [1.29, 1.82) is 0 Å². The Morgan fingerprint density at radius 3 is 1.62 bits per heavy atom. The van der Waals surface area contributed by atoms with Crippen LogP contribution >= 0.6 is 0 Å². The van der Waals surface area contributed by atoms with E-state index in [1.165, 1.54) is 89.0 Å². The molecule has 0 aromatic carbocycles. The van der Waals surface area contributed by atoms with E-state index in [-0.39, 0.29) is 0 Å². The van der Waals surface area contributed by atoms with Crippen LogP contribution in [-0.4, -0.2) is 6.29 Å². The molecule has 0 heterocycles. The van der Waals surface area contributed by atoms with E-state index in [0.717, 1.165) is 6.29 Å². The third-order valence-electron chi connectivity index (χ3n) is 3.97. The standard InChI is InChI=1S/C20H36O/c1-3-5-7-9-11-13-17-20(18-14-15-19-21)16-12-10-8-6-4-2/h14-15,18-19H,3-13,16-17H2,1-2H3/b15-14+,20-18+. The van der Waals surface area contributed by atoms with Gasteiger partial charge in [0, 0.05) is 0 Å². The van der Waals surface area contributed by atoms with Crippen molar-refractivity contribution in [2.24, 2.45) is 0 Å². The van der Waals surface area contributed by atoms with E-state index in [2.05, 4.69) is 19.9 Å². The van der Waals surface area contributed by atoms with Crippen LogP contribution in [0.2, 0.25) is 0 Å². The maximum absolute atomic E-state index is 10.4. The minimum Gasteiger partial charge on any atom is -0.299 e. The highest BCUT2D eigenvalue weighted by molar-refractivity contribution is 5.65. The highest BCUT2D eigenvalue weighted by atomic mass is 16.1. The van der Waals surface area contributed by atoms with Crippen LogP contribution in [0.25, 0.3) is 0 Å². The van der Waals surface area contributed by atoms with Crippen LogP contribution in [0, 0.1) is 0 Å². The van der Waals surface area contributed by atoms with Crippen LogP contribution in [0.5, 0.6) is 0 Å². The normalized spacial score (nSPS) is 12.2. The molecule has 0 saturated carbocycles. The molecule has 122 valence electrons. The van der Waals surface area contributed by atoms with Crippen molar-refractivity contribution < 1.29 is 4.79 Å². The molecule has 0 aliphatic heterocycles. The number of hydrogen-bond donors (Lipinski definition) is 0. The van der Waals surface area contributed by atoms with Crippen molar-refractivity contribution in [1.82, 2.24) is 0 Å². The lowest BCUT2D eigenvalue weighted by molar-refractivity contribution is -0.104. The Labute approximate surface area is 132 Å². The summed E-state index contributed by atoms with van der Waals surface area (Å²) in [7, 11) is 0. The van der Waals surface area contributed by atoms with E-state index in [1.807, 2.05) is 6.08 Å². The monoisotopic (exact) mass is 292 g/mol. The van der Waals surface area contributed by atoms with Gasteiger partial charge < -0.3 is 0 Å². The third kappa shape index (κ3) is 15.4. The number of hydrogen-bond acceptors (Lipinski definition) is 1. The van der Waals surface area contributed by atoms with Crippen LogP contribution in [-0.2, 0) is 4.79 Å². The minimum absolute atomic E-state index is 0.861. The number of carbonyl (C=O) groups is 1. The number of allylic oxidation sites excluding steroid dienone is 4. The average molecular weight is 293 g/mol. The fourth-order valence-electron chi connectivity index (χ4n) is 2.62. The summed E-state index contributed by atoms with van der Waals surface area (Å²) >= 11 is 0. The van der Waals surface area contributed by atoms with Gasteiger partial charge in [-0.05, 0) is 31.8 Å². The molecule has 0 aromatic heterocycles. The molecule has 0 spiro atoms. The van der Waals surface area contributed by atoms with Crippen LogP contribution in [0.1, 0.15) is 97.3 Å². The van der Waals surface area contributed by atoms with Gasteiger partial charge in [-0.2, -0.15) is 0 Å². The van der Waals surface area contributed by atoms with Gasteiger partial charge in [-0.25, -0.2) is 0 Å². The van der Waals surface area contributed by atoms with E-state index < -0.39 is 0 Å². The Morgan fingerprint density at radius 1 is 0.667 bits per heavy atom. The lowest BCUT2D eigenvalue weighted by Crippen LogP contribution is -1.87. The summed E-state index contributed by atoms with van der Waals surface area (Å²) in [5.74, 6) is 0. The minimum atomic E-state index is 0.861. The van der Waals surface area contributed by atoms with Crippen molar-refractivity contribution >= 4 is 6.29 Å². The molecule has 0 amide bonds. The summed E-state index contributed by atoms with van der Waals surface area (Å²) in [6.45, 7) is 4.52. The quantitative estimate of drug-likeness (QED) is 0.141. The van der Waals surface area contributed by atoms with Gasteiger partial charge >= 0.3 is 0 Å². The molecule has 0 rings (SSSR count). The zero-order valence-electron chi connectivity index (χ0n) is 14.4. The Bertz CT molecular complexity index is 276. The van der Waals surface area contributed by atoms with Crippen molar-refractivity contribution in [3.8, 4) is 0 Å². The summed E-state index contributed by atoms with van der Waals surface area (Å²) < 4.78 is 0. The first-order valence-corrected chi connectivity index (χ1v) is 9.15. The van der Waals surface area contributed by atoms with Gasteiger partial charge in [-0.1, -0.05) is 89.4 Å². The predicted molar refractivity (Wildman–Crippen MR) is 94.7 cm³/mol. The van der Waals surface area contributed by atoms with E-state index in [0.29, 0.717) is 0 Å². The van der Waals surface area contributed by atoms with Crippen LogP contribution < -0.4 is 0 Å². The molecule has 0 aliphatic carbocycles. The first-order chi connectivity index (χ1) is 10.3. The first-order valence-electron chi connectivity index (χ1n) is 9.15. The summed E-state index contributed by atoms with van der Waals surface area (Å²) in [4.78, 5) is 10.4. The van der Waals surface area contributed by atoms with Gasteiger partial charge in [-0.3, -0.25) is 4.79 Å². The largest absolute Gasteiger partial charge is 0.299 e. The molecule has 0 bridgehead atoms. The Balaban J connectivity index is 3.89. The molecule has 1 heteroatoms. The number of aldehydes is 1. The maximum Gasteiger partial charge on any atom is 0.142 e. The molecular formula is C20H36O. The number of unbranched alkanes of at least 4 members (excludes halogenated alkanes) is 9. The van der Waals surface area contributed by atoms with Crippen molar-refractivity contribution in [3.05, 3.63) is 23.8 Å². The second-order valence-electron chi connectivity index (χ2n) is 6.03. The zero-order chi connectivity index (χ0) is 15.6. The molecule has 21 heavy (non-hydrogen) atoms. The van der Waals surface area contributed by atoms with E-state index >= 15 is 0 Å². The Morgan fingerprint density at radius 2 is 1.14 bits per heavy atom. The van der Waals surface area contributed by atoms with Gasteiger partial charge in [0.15, 0.2) is 0 Å². The number of carbonyl (C=O) groups excluding carboxylic acids is 1. The second kappa shape index (κ2) is 17.2. The summed E-state index contributed by atoms with van der Waals surface area (Å²) in [5.41, 5.74) is 1.53. The molecule has 0 N–H and O–H groups in total. The Kier molecular flexibility index (Phi) is 16.5. The smallest absolute Gasteiger partial charge is 0.142 e. The molecule has 0 aliphatic rings.